The number of nitrogens with one attached hydrogen (secondary N) is 2. The van der Waals surface area contributed by atoms with Gasteiger partial charge in [0.05, 0.1) is 35.8 Å². The molecule has 0 aromatic carbocycles. The van der Waals surface area contributed by atoms with Gasteiger partial charge >= 0.3 is 0 Å². The number of aromatic amines is 1. The molecule has 0 atom stereocenters. The fraction of sp³-hybridized carbons (Fsp3) is 0.348. The zero-order valence-corrected chi connectivity index (χ0v) is 18.9. The quantitative estimate of drug-likeness (QED) is 0.374. The van der Waals surface area contributed by atoms with Crippen LogP contribution in [0.2, 0.25) is 0 Å². The average molecular weight is 483 g/mol. The summed E-state index contributed by atoms with van der Waals surface area (Å²) in [5.41, 5.74) is 0.723. The Hall–Kier alpha value is -3.93. The molecule has 4 aromatic heterocycles. The summed E-state index contributed by atoms with van der Waals surface area (Å²) in [6, 6.07) is 1.86. The van der Waals surface area contributed by atoms with Crippen molar-refractivity contribution in [3.05, 3.63) is 54.4 Å². The van der Waals surface area contributed by atoms with Crippen molar-refractivity contribution in [2.24, 2.45) is 0 Å². The molecular formula is C23H23F2N7O3. The minimum atomic E-state index is -0.840. The summed E-state index contributed by atoms with van der Waals surface area (Å²) < 4.78 is 41.5. The van der Waals surface area contributed by atoms with Crippen LogP contribution in [0.5, 0.6) is 0 Å². The number of ether oxygens (including phenoxy) is 1. The molecule has 0 unspecified atom stereocenters. The van der Waals surface area contributed by atoms with E-state index < -0.39 is 17.7 Å². The molecule has 182 valence electrons. The van der Waals surface area contributed by atoms with Crippen molar-refractivity contribution in [2.75, 3.05) is 11.9 Å². The number of anilines is 1. The Morgan fingerprint density at radius 3 is 2.80 bits per heavy atom. The highest BCUT2D eigenvalue weighted by Crippen LogP contribution is 2.37. The maximum Gasteiger partial charge on any atom is 0.277 e. The number of aromatic nitrogens is 6. The molecule has 1 fully saturated rings. The SMILES string of the molecule is CCO[C@H]1CC[C@H](n2ncc(NC(=O)c3coc(-c4cn[nH]c4)n3)c2-c2nc(F)ccc2F)CC1. The van der Waals surface area contributed by atoms with Crippen LogP contribution >= 0.6 is 0 Å². The Morgan fingerprint density at radius 2 is 2.06 bits per heavy atom. The number of amides is 1. The predicted molar refractivity (Wildman–Crippen MR) is 120 cm³/mol. The number of carbonyl (C=O) groups is 1. The lowest BCUT2D eigenvalue weighted by atomic mass is 9.92. The zero-order valence-electron chi connectivity index (χ0n) is 18.9. The number of carbonyl (C=O) groups excluding carboxylic acids is 1. The molecule has 0 bridgehead atoms. The summed E-state index contributed by atoms with van der Waals surface area (Å²) in [4.78, 5) is 20.9. The van der Waals surface area contributed by atoms with E-state index in [9.17, 15) is 13.6 Å². The molecule has 4 heterocycles. The van der Waals surface area contributed by atoms with E-state index in [0.29, 0.717) is 12.2 Å². The average Bonchev–Trinajstić information content (AvgIpc) is 3.62. The molecule has 1 saturated carbocycles. The van der Waals surface area contributed by atoms with Crippen molar-refractivity contribution in [3.8, 4) is 22.8 Å². The van der Waals surface area contributed by atoms with Gasteiger partial charge in [0, 0.05) is 12.8 Å². The number of pyridine rings is 1. The number of oxazole rings is 1. The minimum absolute atomic E-state index is 0.00444. The van der Waals surface area contributed by atoms with E-state index in [0.717, 1.165) is 37.8 Å². The number of halogens is 2. The van der Waals surface area contributed by atoms with E-state index in [2.05, 4.69) is 30.6 Å². The molecule has 2 N–H and O–H groups in total. The van der Waals surface area contributed by atoms with Crippen molar-refractivity contribution >= 4 is 11.6 Å². The molecule has 0 saturated heterocycles. The maximum absolute atomic E-state index is 14.8. The standard InChI is InChI=1S/C23H23F2N7O3/c1-2-34-15-5-3-14(4-6-15)32-21(20-16(24)7-8-19(25)31-20)17(11-28-32)29-22(33)18-12-35-23(30-18)13-9-26-27-10-13/h7-12,14-15H,2-6H2,1H3,(H,26,27)(H,29,33)/t14-,15-. The Bertz CT molecular complexity index is 1310. The van der Waals surface area contributed by atoms with E-state index in [1.807, 2.05) is 6.92 Å². The minimum Gasteiger partial charge on any atom is -0.444 e. The molecule has 10 nitrogen and oxygen atoms in total. The second-order valence-electron chi connectivity index (χ2n) is 8.18. The lowest BCUT2D eigenvalue weighted by molar-refractivity contribution is 0.0261. The molecule has 35 heavy (non-hydrogen) atoms. The summed E-state index contributed by atoms with van der Waals surface area (Å²) in [5.74, 6) is -1.95. The van der Waals surface area contributed by atoms with Gasteiger partial charge in [0.1, 0.15) is 17.7 Å². The lowest BCUT2D eigenvalue weighted by Gasteiger charge is -2.29. The highest BCUT2D eigenvalue weighted by atomic mass is 19.1. The van der Waals surface area contributed by atoms with Crippen LogP contribution in [0.4, 0.5) is 14.5 Å². The van der Waals surface area contributed by atoms with Gasteiger partial charge < -0.3 is 14.5 Å². The molecule has 0 radical (unpaired) electrons. The van der Waals surface area contributed by atoms with Crippen molar-refractivity contribution in [2.45, 2.75) is 44.8 Å². The van der Waals surface area contributed by atoms with Gasteiger partial charge in [0.2, 0.25) is 11.8 Å². The van der Waals surface area contributed by atoms with Crippen LogP contribution in [0.1, 0.15) is 49.1 Å². The van der Waals surface area contributed by atoms with E-state index >= 15 is 0 Å². The first-order chi connectivity index (χ1) is 17.0. The number of hydrogen-bond donors (Lipinski definition) is 2. The van der Waals surface area contributed by atoms with Gasteiger partial charge in [0.25, 0.3) is 5.91 Å². The van der Waals surface area contributed by atoms with E-state index in [4.69, 9.17) is 9.15 Å². The first kappa shape index (κ1) is 22.8. The summed E-state index contributed by atoms with van der Waals surface area (Å²) in [5, 5.41) is 13.6. The van der Waals surface area contributed by atoms with Gasteiger partial charge in [-0.15, -0.1) is 0 Å². The van der Waals surface area contributed by atoms with Gasteiger partial charge in [-0.05, 0) is 44.7 Å². The topological polar surface area (TPSA) is 124 Å². The van der Waals surface area contributed by atoms with Crippen molar-refractivity contribution in [3.63, 3.8) is 0 Å². The van der Waals surface area contributed by atoms with Gasteiger partial charge in [-0.2, -0.15) is 14.6 Å². The first-order valence-corrected chi connectivity index (χ1v) is 11.3. The second-order valence-corrected chi connectivity index (χ2v) is 8.18. The molecule has 1 aliphatic carbocycles. The molecule has 5 rings (SSSR count). The Morgan fingerprint density at radius 1 is 1.23 bits per heavy atom. The third-order valence-electron chi connectivity index (χ3n) is 5.95. The summed E-state index contributed by atoms with van der Waals surface area (Å²) in [7, 11) is 0. The first-order valence-electron chi connectivity index (χ1n) is 11.3. The summed E-state index contributed by atoms with van der Waals surface area (Å²) in [6.45, 7) is 2.60. The van der Waals surface area contributed by atoms with Crippen molar-refractivity contribution in [1.82, 2.24) is 29.9 Å². The molecule has 1 aliphatic rings. The highest BCUT2D eigenvalue weighted by Gasteiger charge is 2.29. The Kier molecular flexibility index (Phi) is 6.36. The molecule has 1 amide bonds. The normalized spacial score (nSPS) is 18.0. The maximum atomic E-state index is 14.8. The summed E-state index contributed by atoms with van der Waals surface area (Å²) >= 11 is 0. The van der Waals surface area contributed by atoms with Crippen LogP contribution in [-0.2, 0) is 4.74 Å². The smallest absolute Gasteiger partial charge is 0.277 e. The van der Waals surface area contributed by atoms with Gasteiger partial charge in [0.15, 0.2) is 11.5 Å². The predicted octanol–water partition coefficient (Wildman–Crippen LogP) is 4.37. The molecule has 0 spiro atoms. The number of hydrogen-bond acceptors (Lipinski definition) is 7. The van der Waals surface area contributed by atoms with Gasteiger partial charge in [-0.25, -0.2) is 14.4 Å². The molecular weight excluding hydrogens is 460 g/mol. The molecule has 0 aliphatic heterocycles. The van der Waals surface area contributed by atoms with Crippen LogP contribution in [0.15, 0.2) is 41.4 Å². The largest absolute Gasteiger partial charge is 0.444 e. The van der Waals surface area contributed by atoms with Gasteiger partial charge in [-0.1, -0.05) is 0 Å². The Labute approximate surface area is 198 Å². The monoisotopic (exact) mass is 483 g/mol. The molecule has 4 aromatic rings. The third kappa shape index (κ3) is 4.69. The summed E-state index contributed by atoms with van der Waals surface area (Å²) in [6.07, 6.45) is 8.96. The van der Waals surface area contributed by atoms with Crippen LogP contribution in [0.3, 0.4) is 0 Å². The van der Waals surface area contributed by atoms with Crippen LogP contribution < -0.4 is 5.32 Å². The van der Waals surface area contributed by atoms with Crippen LogP contribution in [0, 0.1) is 11.8 Å². The number of rotatable bonds is 7. The third-order valence-corrected chi connectivity index (χ3v) is 5.95. The van der Waals surface area contributed by atoms with E-state index in [1.165, 1.54) is 18.7 Å². The van der Waals surface area contributed by atoms with E-state index in [-0.39, 0.29) is 40.8 Å². The van der Waals surface area contributed by atoms with Crippen molar-refractivity contribution < 1.29 is 22.7 Å². The lowest BCUT2D eigenvalue weighted by Crippen LogP contribution is -2.25. The fourth-order valence-corrected chi connectivity index (χ4v) is 4.31. The fourth-order valence-electron chi connectivity index (χ4n) is 4.31. The van der Waals surface area contributed by atoms with Crippen molar-refractivity contribution in [1.29, 1.82) is 0 Å². The molecule has 12 heteroatoms. The Balaban J connectivity index is 1.46. The van der Waals surface area contributed by atoms with Gasteiger partial charge in [-0.3, -0.25) is 14.6 Å². The zero-order chi connectivity index (χ0) is 24.4. The highest BCUT2D eigenvalue weighted by molar-refractivity contribution is 6.04. The van der Waals surface area contributed by atoms with Crippen LogP contribution in [0.25, 0.3) is 22.8 Å². The second kappa shape index (κ2) is 9.74. The van der Waals surface area contributed by atoms with Crippen LogP contribution in [-0.4, -0.2) is 48.6 Å². The number of nitrogens with zero attached hydrogens (tertiary/aromatic N) is 5. The number of H-pyrrole nitrogens is 1. The van der Waals surface area contributed by atoms with E-state index in [1.54, 1.807) is 10.9 Å².